The number of hydrogen-bond donors (Lipinski definition) is 1. The molecule has 0 saturated heterocycles. The molecule has 2 aromatic carbocycles. The van der Waals surface area contributed by atoms with Crippen LogP contribution in [0.25, 0.3) is 11.3 Å². The monoisotopic (exact) mass is 386 g/mol. The Kier molecular flexibility index (Phi) is 4.58. The van der Waals surface area contributed by atoms with Crippen LogP contribution in [-0.2, 0) is 0 Å². The summed E-state index contributed by atoms with van der Waals surface area (Å²) < 4.78 is 25.1. The molecule has 1 amide bonds. The molecule has 0 fully saturated rings. The number of nitrogens with one attached hydrogen (secondary N) is 1. The zero-order valence-corrected chi connectivity index (χ0v) is 15.2. The van der Waals surface area contributed by atoms with E-state index in [2.05, 4.69) is 10.5 Å². The van der Waals surface area contributed by atoms with Gasteiger partial charge >= 0.3 is 0 Å². The van der Waals surface area contributed by atoms with Crippen molar-refractivity contribution in [3.8, 4) is 17.0 Å². The van der Waals surface area contributed by atoms with Crippen LogP contribution in [-0.4, -0.2) is 17.7 Å². The lowest BCUT2D eigenvalue weighted by Gasteiger charge is -2.26. The zero-order valence-electron chi connectivity index (χ0n) is 14.5. The Bertz CT molecular complexity index is 998. The van der Waals surface area contributed by atoms with Gasteiger partial charge < -0.3 is 14.6 Å². The molecule has 5 nitrogen and oxygen atoms in total. The van der Waals surface area contributed by atoms with E-state index in [0.29, 0.717) is 18.8 Å². The highest BCUT2D eigenvalue weighted by atomic mass is 35.5. The van der Waals surface area contributed by atoms with Gasteiger partial charge in [0.1, 0.15) is 28.6 Å². The Balaban J connectivity index is 1.70. The minimum absolute atomic E-state index is 0.0496. The van der Waals surface area contributed by atoms with Crippen LogP contribution in [0.3, 0.4) is 0 Å². The van der Waals surface area contributed by atoms with Crippen molar-refractivity contribution in [2.24, 2.45) is 0 Å². The van der Waals surface area contributed by atoms with E-state index < -0.39 is 11.7 Å². The van der Waals surface area contributed by atoms with Crippen LogP contribution < -0.4 is 10.1 Å². The minimum atomic E-state index is -0.568. The highest BCUT2D eigenvalue weighted by Gasteiger charge is 2.29. The number of aryl methyl sites for hydroxylation is 1. The Morgan fingerprint density at radius 2 is 2.07 bits per heavy atom. The van der Waals surface area contributed by atoms with Crippen molar-refractivity contribution < 1.29 is 18.4 Å². The topological polar surface area (TPSA) is 64.4 Å². The summed E-state index contributed by atoms with van der Waals surface area (Å²) in [6.45, 7) is 2.11. The third-order valence-electron chi connectivity index (χ3n) is 4.55. The molecule has 0 spiro atoms. The molecule has 1 N–H and O–H groups in total. The summed E-state index contributed by atoms with van der Waals surface area (Å²) in [5.41, 5.74) is 1.21. The quantitative estimate of drug-likeness (QED) is 0.708. The largest absolute Gasteiger partial charge is 0.493 e. The number of carbonyl (C=O) groups is 1. The summed E-state index contributed by atoms with van der Waals surface area (Å²) in [5.74, 6) is 0.0710. The SMILES string of the molecule is Cc1onc(-c2c(F)cccc2Cl)c1C(=O)N[C@H]1CCOc2ccccc21. The van der Waals surface area contributed by atoms with E-state index in [1.54, 1.807) is 13.0 Å². The first-order valence-corrected chi connectivity index (χ1v) is 8.87. The molecule has 4 rings (SSSR count). The molecule has 0 aliphatic carbocycles. The van der Waals surface area contributed by atoms with E-state index in [1.807, 2.05) is 24.3 Å². The number of ether oxygens (including phenoxy) is 1. The summed E-state index contributed by atoms with van der Waals surface area (Å²) in [5, 5.41) is 7.02. The fourth-order valence-electron chi connectivity index (χ4n) is 3.26. The fourth-order valence-corrected chi connectivity index (χ4v) is 3.51. The van der Waals surface area contributed by atoms with E-state index in [-0.39, 0.29) is 27.9 Å². The molecular weight excluding hydrogens is 371 g/mol. The van der Waals surface area contributed by atoms with Gasteiger partial charge in [-0.2, -0.15) is 0 Å². The van der Waals surface area contributed by atoms with E-state index in [0.717, 1.165) is 11.3 Å². The first-order valence-electron chi connectivity index (χ1n) is 8.49. The molecule has 27 heavy (non-hydrogen) atoms. The average molecular weight is 387 g/mol. The number of para-hydroxylation sites is 1. The van der Waals surface area contributed by atoms with E-state index in [9.17, 15) is 9.18 Å². The van der Waals surface area contributed by atoms with E-state index in [1.165, 1.54) is 12.1 Å². The molecule has 0 unspecified atom stereocenters. The molecule has 7 heteroatoms. The van der Waals surface area contributed by atoms with Crippen LogP contribution in [0.5, 0.6) is 5.75 Å². The van der Waals surface area contributed by atoms with Gasteiger partial charge in [-0.3, -0.25) is 4.79 Å². The van der Waals surface area contributed by atoms with Crippen LogP contribution in [0.1, 0.15) is 34.1 Å². The molecule has 138 valence electrons. The van der Waals surface area contributed by atoms with Crippen molar-refractivity contribution in [2.45, 2.75) is 19.4 Å². The second kappa shape index (κ2) is 7.04. The highest BCUT2D eigenvalue weighted by molar-refractivity contribution is 6.33. The van der Waals surface area contributed by atoms with Crippen LogP contribution in [0.2, 0.25) is 5.02 Å². The van der Waals surface area contributed by atoms with Gasteiger partial charge in [-0.1, -0.05) is 41.0 Å². The summed E-state index contributed by atoms with van der Waals surface area (Å²) in [4.78, 5) is 13.0. The molecule has 1 aliphatic rings. The smallest absolute Gasteiger partial charge is 0.257 e. The van der Waals surface area contributed by atoms with Gasteiger partial charge in [0.2, 0.25) is 0 Å². The first-order chi connectivity index (χ1) is 13.1. The Hall–Kier alpha value is -2.86. The Morgan fingerprint density at radius 1 is 1.26 bits per heavy atom. The van der Waals surface area contributed by atoms with E-state index >= 15 is 0 Å². The standard InChI is InChI=1S/C20H16ClFN2O3/c1-11-17(19(24-27-11)18-13(21)6-4-7-14(18)22)20(25)23-15-9-10-26-16-8-3-2-5-12(15)16/h2-8,15H,9-10H2,1H3,(H,23,25)/t15-/m0/s1. The lowest BCUT2D eigenvalue weighted by molar-refractivity contribution is 0.0924. The van der Waals surface area contributed by atoms with Gasteiger partial charge in [-0.05, 0) is 25.1 Å². The second-order valence-electron chi connectivity index (χ2n) is 6.26. The normalized spacial score (nSPS) is 15.7. The summed E-state index contributed by atoms with van der Waals surface area (Å²) in [7, 11) is 0. The van der Waals surface area contributed by atoms with Crippen molar-refractivity contribution in [3.05, 3.63) is 70.2 Å². The molecule has 0 saturated carbocycles. The second-order valence-corrected chi connectivity index (χ2v) is 6.67. The molecule has 3 aromatic rings. The number of aromatic nitrogens is 1. The number of halogens is 2. The number of rotatable bonds is 3. The maximum absolute atomic E-state index is 14.3. The molecule has 1 atom stereocenters. The predicted octanol–water partition coefficient (Wildman–Crippen LogP) is 4.70. The van der Waals surface area contributed by atoms with Gasteiger partial charge in [0, 0.05) is 12.0 Å². The van der Waals surface area contributed by atoms with Crippen molar-refractivity contribution in [2.75, 3.05) is 6.61 Å². The van der Waals surface area contributed by atoms with Gasteiger partial charge in [0.25, 0.3) is 5.91 Å². The van der Waals surface area contributed by atoms with Crippen LogP contribution >= 0.6 is 11.6 Å². The molecule has 0 bridgehead atoms. The highest BCUT2D eigenvalue weighted by Crippen LogP contribution is 2.35. The minimum Gasteiger partial charge on any atom is -0.493 e. The first kappa shape index (κ1) is 17.5. The van der Waals surface area contributed by atoms with E-state index in [4.69, 9.17) is 20.9 Å². The third kappa shape index (κ3) is 3.17. The van der Waals surface area contributed by atoms with Crippen molar-refractivity contribution in [3.63, 3.8) is 0 Å². The molecule has 0 radical (unpaired) electrons. The number of hydrogen-bond acceptors (Lipinski definition) is 4. The number of amides is 1. The molecule has 1 aromatic heterocycles. The fraction of sp³-hybridized carbons (Fsp3) is 0.200. The van der Waals surface area contributed by atoms with Crippen molar-refractivity contribution >= 4 is 17.5 Å². The maximum Gasteiger partial charge on any atom is 0.257 e. The van der Waals surface area contributed by atoms with Crippen LogP contribution in [0, 0.1) is 12.7 Å². The van der Waals surface area contributed by atoms with Crippen LogP contribution in [0.15, 0.2) is 47.0 Å². The van der Waals surface area contributed by atoms with Crippen molar-refractivity contribution in [1.82, 2.24) is 10.5 Å². The number of benzene rings is 2. The number of carbonyl (C=O) groups excluding carboxylic acids is 1. The number of nitrogens with zero attached hydrogens (tertiary/aromatic N) is 1. The van der Waals surface area contributed by atoms with Crippen LogP contribution in [0.4, 0.5) is 4.39 Å². The van der Waals surface area contributed by atoms with Crippen molar-refractivity contribution in [1.29, 1.82) is 0 Å². The number of fused-ring (bicyclic) bond motifs is 1. The predicted molar refractivity (Wildman–Crippen MR) is 98.4 cm³/mol. The van der Waals surface area contributed by atoms with Gasteiger partial charge in [-0.25, -0.2) is 4.39 Å². The average Bonchev–Trinajstić information content (AvgIpc) is 3.03. The third-order valence-corrected chi connectivity index (χ3v) is 4.87. The zero-order chi connectivity index (χ0) is 19.0. The maximum atomic E-state index is 14.3. The summed E-state index contributed by atoms with van der Waals surface area (Å²) in [6, 6.07) is 11.6. The molecular formula is C20H16ClFN2O3. The molecule has 1 aliphatic heterocycles. The van der Waals surface area contributed by atoms with Gasteiger partial charge in [-0.15, -0.1) is 0 Å². The Labute approximate surface area is 160 Å². The summed E-state index contributed by atoms with van der Waals surface area (Å²) >= 11 is 6.14. The Morgan fingerprint density at radius 3 is 2.89 bits per heavy atom. The van der Waals surface area contributed by atoms with Gasteiger partial charge in [0.05, 0.1) is 23.2 Å². The summed E-state index contributed by atoms with van der Waals surface area (Å²) in [6.07, 6.45) is 0.628. The lowest BCUT2D eigenvalue weighted by atomic mass is 9.99. The molecule has 2 heterocycles. The van der Waals surface area contributed by atoms with Gasteiger partial charge in [0.15, 0.2) is 0 Å². The lowest BCUT2D eigenvalue weighted by Crippen LogP contribution is -2.32.